The lowest BCUT2D eigenvalue weighted by Crippen LogP contribution is -2.55. The first-order valence-corrected chi connectivity index (χ1v) is 53.5. The van der Waals surface area contributed by atoms with Crippen LogP contribution in [0.15, 0.2) is 112 Å². The van der Waals surface area contributed by atoms with Gasteiger partial charge in [0.2, 0.25) is 94.5 Å². The summed E-state index contributed by atoms with van der Waals surface area (Å²) in [7, 11) is 7.39. The van der Waals surface area contributed by atoms with Gasteiger partial charge in [0.05, 0.1) is 38.9 Å². The average Bonchev–Trinajstić information content (AvgIpc) is 1.27. The highest BCUT2D eigenvalue weighted by Gasteiger charge is 2.40. The van der Waals surface area contributed by atoms with E-state index in [0.717, 1.165) is 0 Å². The first-order chi connectivity index (χ1) is 70.4. The Morgan fingerprint density at radius 3 is 1.18 bits per heavy atom. The van der Waals surface area contributed by atoms with Crippen LogP contribution in [0.25, 0.3) is 16.8 Å². The molecule has 2 fully saturated rings. The number of primary amides is 3. The number of rotatable bonds is 25. The Bertz CT molecular complexity index is 5550. The molecule has 4 heterocycles. The first-order valence-electron chi connectivity index (χ1n) is 46.0. The van der Waals surface area contributed by atoms with Crippen molar-refractivity contribution in [3.05, 3.63) is 113 Å². The smallest absolute Gasteiger partial charge is 0.305 e. The third kappa shape index (κ3) is 46.2. The van der Waals surface area contributed by atoms with Gasteiger partial charge in [0, 0.05) is 108 Å². The molecular weight excluding hydrogens is 2050 g/mol. The molecule has 0 saturated carbocycles. The standard InChI is InChI=1S/C33H46N10O9S2.C30H39N9O8S2.C26H37N9O8S2/c34-28(48)23-18-54-53-14-11-25(44)39-20(9-4-5-12-37-33(35)36)29(49)38-17-26(45)40-21(16-27(46)47)30(50)41-22(15-19-7-2-1-3-8-19)32(52)43-13-6-10-24(43)31(51)42-23;31-26(44)22-15-49-48-10-8-23(40)36-19(7-3-4-9-34-30(32)33)28(46)35-14-24(41)37-21(13-25(42)43)29(47)38-20-12-17(27(45)39-22)11-16-5-1-2-6-18(16)20;27-22(40)18-13-45-44-9-7-19(36)33-16(6-1-2-8-30-26(28)29)24(42)31-12-20(37)34-17(11-21(38)39)25(43)32-15-5-3-4-14(10-15)23(41)35-18/h1-3,7-8,15,20-21,23-24H,4-6,9-14,16-18H2,(H2,34,48)(H,38,49)(H,39,44)(H,40,45)(H,41,50)(H,42,51)(H,46,47)(H4,35,36,37);1-2,5-6,11-12,19,21-22H,3-4,7-10,13-15H2,(H2,31,44)(H,35,46)(H,36,40)(H,37,41)(H,38,47)(H,39,45)(H,42,43)(H4,32,33,34);3-5,10,16-18H,1-2,6-9,11-13H2,(H2,27,40)(H,31,42)(H,32,43)(H,33,36)(H,34,37)(H,35,41)(H,38,39)(H4,28,29,30)/b22-15+;;/t20-,21-,23?,24-;19-,21-,22?;16-,17-,18?/m000/s1. The van der Waals surface area contributed by atoms with E-state index in [1.165, 1.54) is 106 Å². The van der Waals surface area contributed by atoms with Crippen molar-refractivity contribution in [1.29, 1.82) is 0 Å². The van der Waals surface area contributed by atoms with E-state index in [-0.39, 0.29) is 127 Å². The predicted molar refractivity (Wildman–Crippen MR) is 557 cm³/mol. The van der Waals surface area contributed by atoms with E-state index in [2.05, 4.69) is 94.7 Å². The van der Waals surface area contributed by atoms with Crippen molar-refractivity contribution in [1.82, 2.24) is 74.0 Å². The third-order valence-electron chi connectivity index (χ3n) is 21.2. The predicted octanol–water partition coefficient (Wildman–Crippen LogP) is -4.96. The monoisotopic (exact) mass is 2170 g/mol. The van der Waals surface area contributed by atoms with Crippen molar-refractivity contribution in [2.75, 3.05) is 91.0 Å². The molecule has 10 atom stereocenters. The number of nitrogens with zero attached hydrogens (tertiary/aromatic N) is 4. The number of carboxylic acid groups (broad SMARTS) is 3. The molecule has 4 aromatic rings. The second kappa shape index (κ2) is 64.9. The largest absolute Gasteiger partial charge is 0.481 e. The maximum absolute atomic E-state index is 14.0. The molecule has 3 unspecified atom stereocenters. The zero-order chi connectivity index (χ0) is 109. The molecule has 19 amide bonds. The number of hydrogen-bond acceptors (Lipinski definition) is 31. The van der Waals surface area contributed by atoms with Crippen molar-refractivity contribution in [3.63, 3.8) is 0 Å². The number of unbranched alkanes of at least 4 members (excludes halogenated alkanes) is 3. The minimum Gasteiger partial charge on any atom is -0.481 e. The van der Waals surface area contributed by atoms with E-state index in [9.17, 15) is 121 Å². The summed E-state index contributed by atoms with van der Waals surface area (Å²) in [4.78, 5) is 293. The van der Waals surface area contributed by atoms with Crippen molar-refractivity contribution in [2.45, 2.75) is 170 Å². The molecule has 148 heavy (non-hydrogen) atoms. The summed E-state index contributed by atoms with van der Waals surface area (Å²) in [5.41, 5.74) is 49.2. The number of amides is 19. The topological polar surface area (TPSA) is 891 Å². The number of guanidine groups is 3. The van der Waals surface area contributed by atoms with E-state index in [0.29, 0.717) is 85.9 Å². The van der Waals surface area contributed by atoms with Gasteiger partial charge >= 0.3 is 17.9 Å². The number of nitrogens with two attached hydrogens (primary N) is 9. The van der Waals surface area contributed by atoms with E-state index >= 15 is 0 Å². The number of carboxylic acids is 3. The van der Waals surface area contributed by atoms with Gasteiger partial charge in [-0.05, 0) is 118 Å². The van der Waals surface area contributed by atoms with Crippen LogP contribution in [0, 0.1) is 0 Å². The van der Waals surface area contributed by atoms with E-state index in [1.807, 2.05) is 0 Å². The number of nitrogens with one attached hydrogen (secondary N) is 15. The third-order valence-corrected chi connectivity index (χ3v) is 28.5. The lowest BCUT2D eigenvalue weighted by molar-refractivity contribution is -0.141. The SMILES string of the molecule is NC(=O)C1CSSCCC(=O)N[C@@H](CCCCN=C(N)N)C(=O)NCC(=O)N[C@@H](CC(=O)O)C(=O)N/C(=C/c2ccccc2)C(=O)N2CCC[C@H]2C(=O)N1.NC(=O)C1CSSCCC(=O)N[C@@H](CCCCN=C(N)N)C(=O)NCC(=O)N[C@@H](CC(=O)O)C(=O)Nc2cc(cc3ccccc23)C(=O)N1.NC(=O)C1CSSCCC(=O)N[C@@H](CCCCN=C(N)N)C(=O)NCC(=O)N[C@@H](CC(=O)O)C(=O)Nc2cccc(c2)C(=O)N1. The first kappa shape index (κ1) is 122. The molecule has 36 N–H and O–H groups in total. The number of carbonyl (C=O) groups is 22. The summed E-state index contributed by atoms with van der Waals surface area (Å²) in [5, 5.41) is 66.7. The fourth-order valence-electron chi connectivity index (χ4n) is 13.9. The number of hydrogen-bond donors (Lipinski definition) is 27. The number of anilines is 2. The van der Waals surface area contributed by atoms with Crippen molar-refractivity contribution in [2.24, 2.45) is 66.6 Å². The van der Waals surface area contributed by atoms with Crippen LogP contribution in [-0.2, 0) is 95.9 Å². The molecule has 4 aliphatic heterocycles. The summed E-state index contributed by atoms with van der Waals surface area (Å²) in [6, 6.07) is 11.5. The molecule has 53 nitrogen and oxygen atoms in total. The molecule has 4 aliphatic rings. The second-order valence-corrected chi connectivity index (χ2v) is 40.8. The number of aliphatic carboxylic acids is 3. The molecular formula is C89H122N28O25S6. The van der Waals surface area contributed by atoms with Gasteiger partial charge in [-0.1, -0.05) is 125 Å². The van der Waals surface area contributed by atoms with Gasteiger partial charge in [-0.2, -0.15) is 0 Å². The van der Waals surface area contributed by atoms with Crippen molar-refractivity contribution in [3.8, 4) is 0 Å². The van der Waals surface area contributed by atoms with Crippen molar-refractivity contribution < 1.29 is 121 Å². The van der Waals surface area contributed by atoms with Crippen molar-refractivity contribution >= 4 is 241 Å². The number of aliphatic imine (C=N–C) groups is 3. The van der Waals surface area contributed by atoms with Crippen LogP contribution in [0.4, 0.5) is 11.4 Å². The van der Waals surface area contributed by atoms with Gasteiger partial charge < -0.3 is 152 Å². The Morgan fingerprint density at radius 1 is 0.378 bits per heavy atom. The fraction of sp³-hybridized carbons (Fsp3) is 0.449. The van der Waals surface area contributed by atoms with Crippen LogP contribution in [0.5, 0.6) is 0 Å². The van der Waals surface area contributed by atoms with Gasteiger partial charge in [0.1, 0.15) is 66.1 Å². The molecule has 4 bridgehead atoms. The Labute approximate surface area is 871 Å². The zero-order valence-electron chi connectivity index (χ0n) is 80.0. The highest BCUT2D eigenvalue weighted by Crippen LogP contribution is 2.30. The normalized spacial score (nSPS) is 21.6. The van der Waals surface area contributed by atoms with Gasteiger partial charge in [-0.3, -0.25) is 120 Å². The summed E-state index contributed by atoms with van der Waals surface area (Å²) >= 11 is 0. The van der Waals surface area contributed by atoms with Crippen LogP contribution in [0.2, 0.25) is 0 Å². The Morgan fingerprint density at radius 2 is 0.764 bits per heavy atom. The average molecular weight is 2180 g/mol. The fourth-order valence-corrected chi connectivity index (χ4v) is 20.4. The molecule has 0 aromatic heterocycles. The van der Waals surface area contributed by atoms with Gasteiger partial charge in [0.25, 0.3) is 17.7 Å². The van der Waals surface area contributed by atoms with Crippen LogP contribution in [0.3, 0.4) is 0 Å². The van der Waals surface area contributed by atoms with E-state index in [4.69, 9.17) is 51.6 Å². The molecule has 59 heteroatoms. The summed E-state index contributed by atoms with van der Waals surface area (Å²) < 4.78 is 0. The molecule has 0 aliphatic carbocycles. The minimum atomic E-state index is -1.70. The Hall–Kier alpha value is -14.9. The van der Waals surface area contributed by atoms with Crippen LogP contribution in [-0.4, -0.2) is 309 Å². The summed E-state index contributed by atoms with van der Waals surface area (Å²) in [6.45, 7) is -0.870. The van der Waals surface area contributed by atoms with Crippen LogP contribution in [0.1, 0.15) is 135 Å². The summed E-state index contributed by atoms with van der Waals surface area (Å²) in [5.74, 6) is -17.4. The lowest BCUT2D eigenvalue weighted by Gasteiger charge is -2.27. The van der Waals surface area contributed by atoms with Gasteiger partial charge in [-0.25, -0.2) is 0 Å². The minimum absolute atomic E-state index is 0.00930. The second-order valence-electron chi connectivity index (χ2n) is 32.9. The summed E-state index contributed by atoms with van der Waals surface area (Å²) in [6.07, 6.45) is 2.93. The number of fused-ring (bicyclic) bond motifs is 7. The molecule has 4 aromatic carbocycles. The lowest BCUT2D eigenvalue weighted by atomic mass is 10.0. The van der Waals surface area contributed by atoms with E-state index < -0.39 is 229 Å². The van der Waals surface area contributed by atoms with Gasteiger partial charge in [-0.15, -0.1) is 0 Å². The molecule has 8 rings (SSSR count). The highest BCUT2D eigenvalue weighted by atomic mass is 33.1. The number of benzene rings is 4. The van der Waals surface area contributed by atoms with E-state index in [1.54, 1.807) is 60.7 Å². The molecule has 0 spiro atoms. The zero-order valence-corrected chi connectivity index (χ0v) is 84.9. The maximum atomic E-state index is 14.0. The van der Waals surface area contributed by atoms with Gasteiger partial charge in [0.15, 0.2) is 17.9 Å². The molecule has 0 radical (unpaired) electrons. The van der Waals surface area contributed by atoms with Crippen LogP contribution < -0.4 is 131 Å². The Balaban J connectivity index is 0.000000340. The van der Waals surface area contributed by atoms with Crippen LogP contribution >= 0.6 is 64.8 Å². The molecule has 804 valence electrons. The maximum Gasteiger partial charge on any atom is 0.305 e. The number of carbonyl (C=O) groups excluding carboxylic acids is 19. The molecule has 2 saturated heterocycles. The highest BCUT2D eigenvalue weighted by molar-refractivity contribution is 8.77. The quantitative estimate of drug-likeness (QED) is 0.00972. The Kier molecular flexibility index (Phi) is 53.4.